The monoisotopic (exact) mass is 489 g/mol. The fourth-order valence-electron chi connectivity index (χ4n) is 4.84. The van der Waals surface area contributed by atoms with E-state index in [1.165, 1.54) is 12.1 Å². The van der Waals surface area contributed by atoms with Gasteiger partial charge in [0.2, 0.25) is 5.91 Å². The van der Waals surface area contributed by atoms with E-state index >= 15 is 0 Å². The molecular formula is C28H28FN3O2S. The number of halogens is 1. The average molecular weight is 490 g/mol. The number of hydrogen-bond donors (Lipinski definition) is 0. The van der Waals surface area contributed by atoms with Crippen molar-refractivity contribution in [3.63, 3.8) is 0 Å². The van der Waals surface area contributed by atoms with Crippen LogP contribution in [-0.2, 0) is 17.8 Å². The molecule has 2 aromatic heterocycles. The van der Waals surface area contributed by atoms with Crippen molar-refractivity contribution in [1.29, 1.82) is 0 Å². The highest BCUT2D eigenvalue weighted by Crippen LogP contribution is 2.28. The molecular weight excluding hydrogens is 461 g/mol. The highest BCUT2D eigenvalue weighted by atomic mass is 32.1. The molecule has 2 aromatic carbocycles. The van der Waals surface area contributed by atoms with Crippen molar-refractivity contribution in [2.45, 2.75) is 32.4 Å². The number of hydrogen-bond acceptors (Lipinski definition) is 3. The standard InChI is InChI=1S/C28H28FN3O2S/c1-20-18-30(13-14-31(20)26(33)11-10-21-6-3-2-4-7-21)27(34)25-17-23-12-15-35-28(23)32(25)19-22-8-5-9-24(29)16-22/h2-9,12,15-17,20H,10-11,13-14,18-19H2,1H3/t20-/m1/s1. The molecule has 0 unspecified atom stereocenters. The Balaban J connectivity index is 1.28. The fraction of sp³-hybridized carbons (Fsp3) is 0.286. The predicted octanol–water partition coefficient (Wildman–Crippen LogP) is 5.20. The molecule has 2 amide bonds. The van der Waals surface area contributed by atoms with Gasteiger partial charge < -0.3 is 14.4 Å². The Morgan fingerprint density at radius 1 is 1.00 bits per heavy atom. The van der Waals surface area contributed by atoms with Crippen LogP contribution in [0.5, 0.6) is 0 Å². The molecule has 0 bridgehead atoms. The van der Waals surface area contributed by atoms with Crippen molar-refractivity contribution in [3.05, 3.63) is 94.7 Å². The first-order chi connectivity index (χ1) is 17.0. The SMILES string of the molecule is C[C@@H]1CN(C(=O)c2cc3ccsc3n2Cc2cccc(F)c2)CCN1C(=O)CCc1ccccc1. The maximum atomic E-state index is 13.8. The van der Waals surface area contributed by atoms with Crippen molar-refractivity contribution in [3.8, 4) is 0 Å². The molecule has 5 rings (SSSR count). The fourth-order valence-corrected chi connectivity index (χ4v) is 5.74. The van der Waals surface area contributed by atoms with Crippen LogP contribution in [0.3, 0.4) is 0 Å². The lowest BCUT2D eigenvalue weighted by Crippen LogP contribution is -2.55. The Bertz CT molecular complexity index is 1350. The van der Waals surface area contributed by atoms with Gasteiger partial charge in [-0.15, -0.1) is 11.3 Å². The third-order valence-corrected chi connectivity index (χ3v) is 7.61. The number of amides is 2. The number of benzene rings is 2. The minimum atomic E-state index is -0.285. The van der Waals surface area contributed by atoms with Crippen molar-refractivity contribution in [2.24, 2.45) is 0 Å². The number of carbonyl (C=O) groups excluding carboxylic acids is 2. The Hall–Kier alpha value is -3.45. The first-order valence-electron chi connectivity index (χ1n) is 11.9. The van der Waals surface area contributed by atoms with Crippen molar-refractivity contribution in [2.75, 3.05) is 19.6 Å². The number of aryl methyl sites for hydroxylation is 1. The van der Waals surface area contributed by atoms with Crippen LogP contribution in [0.2, 0.25) is 0 Å². The van der Waals surface area contributed by atoms with Crippen LogP contribution in [-0.4, -0.2) is 51.9 Å². The normalized spacial score (nSPS) is 16.1. The van der Waals surface area contributed by atoms with E-state index in [9.17, 15) is 14.0 Å². The molecule has 1 fully saturated rings. The quantitative estimate of drug-likeness (QED) is 0.374. The summed E-state index contributed by atoms with van der Waals surface area (Å²) in [6, 6.07) is 20.4. The summed E-state index contributed by atoms with van der Waals surface area (Å²) in [6.07, 6.45) is 1.19. The van der Waals surface area contributed by atoms with E-state index < -0.39 is 0 Å². The lowest BCUT2D eigenvalue weighted by Gasteiger charge is -2.40. The van der Waals surface area contributed by atoms with Gasteiger partial charge in [0, 0.05) is 44.0 Å². The van der Waals surface area contributed by atoms with Gasteiger partial charge in [0.15, 0.2) is 0 Å². The molecule has 7 heteroatoms. The highest BCUT2D eigenvalue weighted by molar-refractivity contribution is 7.16. The molecule has 1 aliphatic heterocycles. The molecule has 1 aliphatic rings. The Morgan fingerprint density at radius 3 is 2.57 bits per heavy atom. The van der Waals surface area contributed by atoms with Crippen LogP contribution in [0.4, 0.5) is 4.39 Å². The van der Waals surface area contributed by atoms with Crippen LogP contribution in [0.15, 0.2) is 72.1 Å². The molecule has 35 heavy (non-hydrogen) atoms. The Kier molecular flexibility index (Phi) is 6.68. The van der Waals surface area contributed by atoms with Crippen molar-refractivity contribution in [1.82, 2.24) is 14.4 Å². The number of carbonyl (C=O) groups is 2. The number of fused-ring (bicyclic) bond motifs is 1. The topological polar surface area (TPSA) is 45.6 Å². The molecule has 1 atom stereocenters. The molecule has 0 spiro atoms. The lowest BCUT2D eigenvalue weighted by molar-refractivity contribution is -0.135. The molecule has 180 valence electrons. The molecule has 1 saturated heterocycles. The maximum Gasteiger partial charge on any atom is 0.270 e. The first-order valence-corrected chi connectivity index (χ1v) is 12.8. The number of rotatable bonds is 6. The smallest absolute Gasteiger partial charge is 0.270 e. The second kappa shape index (κ2) is 10.0. The number of piperazine rings is 1. The van der Waals surface area contributed by atoms with E-state index in [0.717, 1.165) is 27.8 Å². The molecule has 5 nitrogen and oxygen atoms in total. The van der Waals surface area contributed by atoms with E-state index in [0.29, 0.717) is 38.3 Å². The summed E-state index contributed by atoms with van der Waals surface area (Å²) >= 11 is 1.58. The summed E-state index contributed by atoms with van der Waals surface area (Å²) < 4.78 is 15.8. The molecule has 0 saturated carbocycles. The van der Waals surface area contributed by atoms with Crippen molar-refractivity contribution < 1.29 is 14.0 Å². The van der Waals surface area contributed by atoms with Crippen molar-refractivity contribution >= 4 is 33.4 Å². The van der Waals surface area contributed by atoms with Gasteiger partial charge in [0.1, 0.15) is 16.3 Å². The maximum absolute atomic E-state index is 13.8. The highest BCUT2D eigenvalue weighted by Gasteiger charge is 2.31. The zero-order chi connectivity index (χ0) is 24.4. The minimum Gasteiger partial charge on any atom is -0.336 e. The summed E-state index contributed by atoms with van der Waals surface area (Å²) in [6.45, 7) is 3.95. The zero-order valence-electron chi connectivity index (χ0n) is 19.7. The molecule has 4 aromatic rings. The predicted molar refractivity (Wildman–Crippen MR) is 137 cm³/mol. The van der Waals surface area contributed by atoms with Gasteiger partial charge in [0.05, 0.1) is 0 Å². The van der Waals surface area contributed by atoms with E-state index in [2.05, 4.69) is 0 Å². The van der Waals surface area contributed by atoms with E-state index in [1.54, 1.807) is 17.4 Å². The molecule has 0 radical (unpaired) electrons. The lowest BCUT2D eigenvalue weighted by atomic mass is 10.1. The second-order valence-electron chi connectivity index (χ2n) is 9.10. The summed E-state index contributed by atoms with van der Waals surface area (Å²) in [7, 11) is 0. The van der Waals surface area contributed by atoms with Gasteiger partial charge in [-0.25, -0.2) is 4.39 Å². The zero-order valence-corrected chi connectivity index (χ0v) is 20.5. The van der Waals surface area contributed by atoms with Gasteiger partial charge in [-0.1, -0.05) is 42.5 Å². The average Bonchev–Trinajstić information content (AvgIpc) is 3.45. The Morgan fingerprint density at radius 2 is 1.80 bits per heavy atom. The van der Waals surface area contributed by atoms with Crippen LogP contribution in [0.1, 0.15) is 35.0 Å². The van der Waals surface area contributed by atoms with Gasteiger partial charge in [-0.05, 0) is 54.1 Å². The number of aromatic nitrogens is 1. The second-order valence-corrected chi connectivity index (χ2v) is 9.99. The summed E-state index contributed by atoms with van der Waals surface area (Å²) in [5, 5.41) is 3.01. The van der Waals surface area contributed by atoms with Crippen LogP contribution >= 0.6 is 11.3 Å². The van der Waals surface area contributed by atoms with E-state index in [4.69, 9.17) is 0 Å². The Labute approximate surface area is 208 Å². The van der Waals surface area contributed by atoms with Crippen LogP contribution < -0.4 is 0 Å². The van der Waals surface area contributed by atoms with Gasteiger partial charge >= 0.3 is 0 Å². The summed E-state index contributed by atoms with van der Waals surface area (Å²) in [4.78, 5) is 31.2. The molecule has 0 N–H and O–H groups in total. The van der Waals surface area contributed by atoms with Gasteiger partial charge in [0.25, 0.3) is 5.91 Å². The van der Waals surface area contributed by atoms with Crippen LogP contribution in [0, 0.1) is 5.82 Å². The third kappa shape index (κ3) is 5.00. The molecule has 3 heterocycles. The summed E-state index contributed by atoms with van der Waals surface area (Å²) in [5.74, 6) is -0.205. The first kappa shape index (κ1) is 23.3. The largest absolute Gasteiger partial charge is 0.336 e. The van der Waals surface area contributed by atoms with Crippen LogP contribution in [0.25, 0.3) is 10.2 Å². The third-order valence-electron chi connectivity index (χ3n) is 6.66. The minimum absolute atomic E-state index is 0.0481. The molecule has 0 aliphatic carbocycles. The van der Waals surface area contributed by atoms with E-state index in [1.807, 2.05) is 75.2 Å². The van der Waals surface area contributed by atoms with Gasteiger partial charge in [-0.2, -0.15) is 0 Å². The van der Waals surface area contributed by atoms with Gasteiger partial charge in [-0.3, -0.25) is 9.59 Å². The number of thiophene rings is 1. The van der Waals surface area contributed by atoms with E-state index in [-0.39, 0.29) is 23.7 Å². The summed E-state index contributed by atoms with van der Waals surface area (Å²) in [5.41, 5.74) is 2.57. The number of nitrogens with zero attached hydrogens (tertiary/aromatic N) is 3.